The van der Waals surface area contributed by atoms with Crippen LogP contribution in [0.4, 0.5) is 11.4 Å². The van der Waals surface area contributed by atoms with Crippen molar-refractivity contribution in [2.75, 3.05) is 17.7 Å². The number of benzene rings is 2. The van der Waals surface area contributed by atoms with E-state index in [2.05, 4.69) is 10.6 Å². The second-order valence-electron chi connectivity index (χ2n) is 4.93. The number of nitrogens with one attached hydrogen (secondary N) is 2. The SMILES string of the molecule is COc1ccccc1NC(=O)CC(=O)Nc1cc(Cl)ccc1C. The molecule has 0 atom stereocenters. The van der Waals surface area contributed by atoms with Crippen molar-refractivity contribution in [1.82, 2.24) is 0 Å². The van der Waals surface area contributed by atoms with Gasteiger partial charge in [0.05, 0.1) is 12.8 Å². The third-order valence-electron chi connectivity index (χ3n) is 3.18. The van der Waals surface area contributed by atoms with Crippen LogP contribution in [0.1, 0.15) is 12.0 Å². The van der Waals surface area contributed by atoms with Gasteiger partial charge in [-0.15, -0.1) is 0 Å². The lowest BCUT2D eigenvalue weighted by atomic mass is 10.2. The lowest BCUT2D eigenvalue weighted by Gasteiger charge is -2.11. The second-order valence-corrected chi connectivity index (χ2v) is 5.37. The van der Waals surface area contributed by atoms with Crippen molar-refractivity contribution in [2.45, 2.75) is 13.3 Å². The minimum Gasteiger partial charge on any atom is -0.495 e. The number of rotatable bonds is 5. The number of amides is 2. The van der Waals surface area contributed by atoms with Crippen LogP contribution < -0.4 is 15.4 Å². The average Bonchev–Trinajstić information content (AvgIpc) is 2.51. The van der Waals surface area contributed by atoms with Gasteiger partial charge < -0.3 is 15.4 Å². The number of anilines is 2. The number of ether oxygens (including phenoxy) is 1. The van der Waals surface area contributed by atoms with Gasteiger partial charge in [-0.25, -0.2) is 0 Å². The molecular weight excluding hydrogens is 316 g/mol. The zero-order valence-corrected chi connectivity index (χ0v) is 13.6. The van der Waals surface area contributed by atoms with Crippen molar-refractivity contribution < 1.29 is 14.3 Å². The first kappa shape index (κ1) is 16.8. The minimum absolute atomic E-state index is 0.302. The van der Waals surface area contributed by atoms with Crippen molar-refractivity contribution in [3.63, 3.8) is 0 Å². The molecule has 2 amide bonds. The van der Waals surface area contributed by atoms with Gasteiger partial charge in [0, 0.05) is 10.7 Å². The molecule has 0 fully saturated rings. The van der Waals surface area contributed by atoms with Crippen LogP contribution in [-0.4, -0.2) is 18.9 Å². The zero-order valence-electron chi connectivity index (χ0n) is 12.9. The molecular formula is C17H17ClN2O3. The summed E-state index contributed by atoms with van der Waals surface area (Å²) in [6.07, 6.45) is -0.302. The lowest BCUT2D eigenvalue weighted by Crippen LogP contribution is -2.22. The third kappa shape index (κ3) is 4.72. The Bertz CT molecular complexity index is 732. The molecule has 5 nitrogen and oxygen atoms in total. The van der Waals surface area contributed by atoms with E-state index in [1.807, 2.05) is 6.92 Å². The van der Waals surface area contributed by atoms with Crippen molar-refractivity contribution >= 4 is 34.8 Å². The van der Waals surface area contributed by atoms with Crippen LogP contribution in [0, 0.1) is 6.92 Å². The summed E-state index contributed by atoms with van der Waals surface area (Å²) in [5.41, 5.74) is 1.98. The fraction of sp³-hybridized carbons (Fsp3) is 0.176. The highest BCUT2D eigenvalue weighted by Crippen LogP contribution is 2.23. The standard InChI is InChI=1S/C17H17ClN2O3/c1-11-7-8-12(18)9-14(11)20-17(22)10-16(21)19-13-5-3-4-6-15(13)23-2/h3-9H,10H2,1-2H3,(H,19,21)(H,20,22). The number of methoxy groups -OCH3 is 1. The Kier molecular flexibility index (Phi) is 5.60. The van der Waals surface area contributed by atoms with Gasteiger partial charge in [0.25, 0.3) is 0 Å². The highest BCUT2D eigenvalue weighted by molar-refractivity contribution is 6.31. The first-order valence-corrected chi connectivity index (χ1v) is 7.36. The highest BCUT2D eigenvalue weighted by atomic mass is 35.5. The molecule has 0 saturated carbocycles. The van der Waals surface area contributed by atoms with Crippen LogP contribution in [0.15, 0.2) is 42.5 Å². The molecule has 2 aromatic carbocycles. The Labute approximate surface area is 139 Å². The maximum atomic E-state index is 12.0. The molecule has 0 aliphatic carbocycles. The van der Waals surface area contributed by atoms with E-state index in [-0.39, 0.29) is 6.42 Å². The summed E-state index contributed by atoms with van der Waals surface area (Å²) in [6.45, 7) is 1.85. The number of halogens is 1. The van der Waals surface area contributed by atoms with Gasteiger partial charge in [0.2, 0.25) is 11.8 Å². The van der Waals surface area contributed by atoms with Crippen molar-refractivity contribution in [2.24, 2.45) is 0 Å². The number of hydrogen-bond acceptors (Lipinski definition) is 3. The molecule has 0 radical (unpaired) electrons. The number of hydrogen-bond donors (Lipinski definition) is 2. The van der Waals surface area contributed by atoms with Crippen molar-refractivity contribution in [1.29, 1.82) is 0 Å². The predicted octanol–water partition coefficient (Wildman–Crippen LogP) is 3.62. The molecule has 0 unspecified atom stereocenters. The summed E-state index contributed by atoms with van der Waals surface area (Å²) in [4.78, 5) is 24.0. The summed E-state index contributed by atoms with van der Waals surface area (Å²) >= 11 is 5.90. The zero-order chi connectivity index (χ0) is 16.8. The Morgan fingerprint density at radius 2 is 1.70 bits per heavy atom. The Hall–Kier alpha value is -2.53. The van der Waals surface area contributed by atoms with E-state index in [1.54, 1.807) is 42.5 Å². The van der Waals surface area contributed by atoms with Gasteiger partial charge in [-0.05, 0) is 36.8 Å². The fourth-order valence-corrected chi connectivity index (χ4v) is 2.18. The summed E-state index contributed by atoms with van der Waals surface area (Å²) in [6, 6.07) is 12.2. The van der Waals surface area contributed by atoms with E-state index >= 15 is 0 Å². The summed E-state index contributed by atoms with van der Waals surface area (Å²) in [5.74, 6) is -0.304. The first-order valence-electron chi connectivity index (χ1n) is 6.98. The van der Waals surface area contributed by atoms with E-state index in [0.29, 0.717) is 22.1 Å². The first-order chi connectivity index (χ1) is 11.0. The van der Waals surface area contributed by atoms with E-state index in [0.717, 1.165) is 5.56 Å². The van der Waals surface area contributed by atoms with Crippen LogP contribution in [0.3, 0.4) is 0 Å². The third-order valence-corrected chi connectivity index (χ3v) is 3.41. The fourth-order valence-electron chi connectivity index (χ4n) is 2.01. The predicted molar refractivity (Wildman–Crippen MR) is 91.1 cm³/mol. The van der Waals surface area contributed by atoms with Gasteiger partial charge in [-0.1, -0.05) is 29.8 Å². The molecule has 6 heteroatoms. The van der Waals surface area contributed by atoms with Crippen LogP contribution in [0.25, 0.3) is 0 Å². The molecule has 0 aliphatic rings. The van der Waals surface area contributed by atoms with Crippen LogP contribution >= 0.6 is 11.6 Å². The molecule has 23 heavy (non-hydrogen) atoms. The molecule has 0 heterocycles. The Morgan fingerprint density at radius 3 is 2.39 bits per heavy atom. The van der Waals surface area contributed by atoms with Gasteiger partial charge in [0.15, 0.2) is 0 Å². The maximum absolute atomic E-state index is 12.0. The molecule has 0 saturated heterocycles. The molecule has 2 N–H and O–H groups in total. The molecule has 0 bridgehead atoms. The van der Waals surface area contributed by atoms with Gasteiger partial charge in [0.1, 0.15) is 12.2 Å². The van der Waals surface area contributed by atoms with Gasteiger partial charge in [-0.3, -0.25) is 9.59 Å². The lowest BCUT2D eigenvalue weighted by molar-refractivity contribution is -0.123. The molecule has 0 aliphatic heterocycles. The van der Waals surface area contributed by atoms with E-state index in [1.165, 1.54) is 7.11 Å². The molecule has 2 rings (SSSR count). The Balaban J connectivity index is 1.97. The number of carbonyl (C=O) groups is 2. The summed E-state index contributed by atoms with van der Waals surface area (Å²) in [7, 11) is 1.51. The minimum atomic E-state index is -0.424. The maximum Gasteiger partial charge on any atom is 0.233 e. The van der Waals surface area contributed by atoms with Gasteiger partial charge in [-0.2, -0.15) is 0 Å². The van der Waals surface area contributed by atoms with Gasteiger partial charge >= 0.3 is 0 Å². The smallest absolute Gasteiger partial charge is 0.233 e. The largest absolute Gasteiger partial charge is 0.495 e. The van der Waals surface area contributed by atoms with Crippen LogP contribution in [0.5, 0.6) is 5.75 Å². The average molecular weight is 333 g/mol. The summed E-state index contributed by atoms with van der Waals surface area (Å²) < 4.78 is 5.15. The van der Waals surface area contributed by atoms with E-state index in [9.17, 15) is 9.59 Å². The van der Waals surface area contributed by atoms with Crippen LogP contribution in [0.2, 0.25) is 5.02 Å². The van der Waals surface area contributed by atoms with Crippen molar-refractivity contribution in [3.05, 3.63) is 53.1 Å². The molecule has 120 valence electrons. The molecule has 2 aromatic rings. The number of para-hydroxylation sites is 2. The monoisotopic (exact) mass is 332 g/mol. The molecule has 0 spiro atoms. The van der Waals surface area contributed by atoms with Crippen LogP contribution in [-0.2, 0) is 9.59 Å². The van der Waals surface area contributed by atoms with E-state index in [4.69, 9.17) is 16.3 Å². The second kappa shape index (κ2) is 7.65. The number of aryl methyl sites for hydroxylation is 1. The number of carbonyl (C=O) groups excluding carboxylic acids is 2. The highest BCUT2D eigenvalue weighted by Gasteiger charge is 2.13. The quantitative estimate of drug-likeness (QED) is 0.822. The normalized spacial score (nSPS) is 10.0. The van der Waals surface area contributed by atoms with E-state index < -0.39 is 11.8 Å². The Morgan fingerprint density at radius 1 is 1.04 bits per heavy atom. The molecule has 0 aromatic heterocycles. The summed E-state index contributed by atoms with van der Waals surface area (Å²) in [5, 5.41) is 5.85. The van der Waals surface area contributed by atoms with Crippen molar-refractivity contribution in [3.8, 4) is 5.75 Å². The topological polar surface area (TPSA) is 67.4 Å².